The van der Waals surface area contributed by atoms with Crippen LogP contribution in [0.4, 0.5) is 8.78 Å². The molecule has 108 valence electrons. The van der Waals surface area contributed by atoms with Crippen LogP contribution in [0, 0.1) is 28.9 Å². The summed E-state index contributed by atoms with van der Waals surface area (Å²) in [5.74, 6) is -1.89. The lowest BCUT2D eigenvalue weighted by Gasteiger charge is -2.29. The van der Waals surface area contributed by atoms with Crippen molar-refractivity contribution in [2.75, 3.05) is 0 Å². The Morgan fingerprint density at radius 3 is 2.50 bits per heavy atom. The number of nitrogens with zero attached hydrogens (tertiary/aromatic N) is 1. The van der Waals surface area contributed by atoms with Crippen molar-refractivity contribution in [1.82, 2.24) is 0 Å². The Balaban J connectivity index is 2.21. The number of phenols is 1. The van der Waals surface area contributed by atoms with Gasteiger partial charge in [0.15, 0.2) is 11.6 Å². The van der Waals surface area contributed by atoms with Crippen LogP contribution in [0.3, 0.4) is 0 Å². The van der Waals surface area contributed by atoms with Crippen LogP contribution in [0.2, 0.25) is 0 Å². The summed E-state index contributed by atoms with van der Waals surface area (Å²) in [6.45, 7) is 2.16. The predicted molar refractivity (Wildman–Crippen MR) is 72.3 cm³/mol. The molecule has 0 radical (unpaired) electrons. The molecule has 0 spiro atoms. The van der Waals surface area contributed by atoms with Crippen molar-refractivity contribution in [3.63, 3.8) is 0 Å². The average Bonchev–Trinajstić information content (AvgIpc) is 2.45. The molecule has 1 aliphatic carbocycles. The Morgan fingerprint density at radius 2 is 1.95 bits per heavy atom. The first-order valence-electron chi connectivity index (χ1n) is 7.19. The summed E-state index contributed by atoms with van der Waals surface area (Å²) in [5.41, 5.74) is -0.389. The van der Waals surface area contributed by atoms with E-state index in [2.05, 4.69) is 6.92 Å². The third-order valence-electron chi connectivity index (χ3n) is 4.32. The fraction of sp³-hybridized carbons (Fsp3) is 0.562. The molecule has 1 aliphatic rings. The lowest BCUT2D eigenvalue weighted by atomic mass is 9.77. The highest BCUT2D eigenvalue weighted by Crippen LogP contribution is 2.42. The van der Waals surface area contributed by atoms with Crippen LogP contribution in [0.15, 0.2) is 6.07 Å². The second-order valence-electron chi connectivity index (χ2n) is 5.60. The van der Waals surface area contributed by atoms with Gasteiger partial charge in [-0.25, -0.2) is 8.78 Å². The zero-order valence-electron chi connectivity index (χ0n) is 11.6. The number of hydrogen-bond donors (Lipinski definition) is 1. The number of aromatic hydroxyl groups is 1. The van der Waals surface area contributed by atoms with Gasteiger partial charge in [-0.3, -0.25) is 0 Å². The minimum Gasteiger partial charge on any atom is -0.505 e. The predicted octanol–water partition coefficient (Wildman–Crippen LogP) is 4.62. The first-order chi connectivity index (χ1) is 9.58. The van der Waals surface area contributed by atoms with Gasteiger partial charge in [0.1, 0.15) is 17.4 Å². The van der Waals surface area contributed by atoms with Gasteiger partial charge in [0.25, 0.3) is 0 Å². The number of halogens is 2. The fourth-order valence-corrected chi connectivity index (χ4v) is 3.21. The Labute approximate surface area is 118 Å². The Kier molecular flexibility index (Phi) is 4.59. The normalized spacial score (nSPS) is 22.5. The van der Waals surface area contributed by atoms with E-state index in [4.69, 9.17) is 5.26 Å². The lowest BCUT2D eigenvalue weighted by molar-refractivity contribution is 0.301. The van der Waals surface area contributed by atoms with Crippen molar-refractivity contribution in [3.8, 4) is 11.8 Å². The maximum Gasteiger partial charge on any atom is 0.185 e. The maximum absolute atomic E-state index is 13.8. The summed E-state index contributed by atoms with van der Waals surface area (Å²) in [5, 5.41) is 18.5. The molecule has 0 unspecified atom stereocenters. The highest BCUT2D eigenvalue weighted by molar-refractivity contribution is 5.46. The standard InChI is InChI=1S/C16H19F2NO/c1-2-3-10-4-6-11(7-5-10)12-8-14(17)13(9-19)15(18)16(12)20/h8,10-11,20H,2-7H2,1H3. The van der Waals surface area contributed by atoms with Crippen LogP contribution in [0.25, 0.3) is 0 Å². The molecule has 0 amide bonds. The van der Waals surface area contributed by atoms with Crippen molar-refractivity contribution in [3.05, 3.63) is 28.8 Å². The van der Waals surface area contributed by atoms with Crippen molar-refractivity contribution in [2.45, 2.75) is 51.4 Å². The van der Waals surface area contributed by atoms with Crippen LogP contribution in [-0.2, 0) is 0 Å². The summed E-state index contributed by atoms with van der Waals surface area (Å²) in [4.78, 5) is 0. The minimum absolute atomic E-state index is 0.0140. The molecule has 4 heteroatoms. The number of hydrogen-bond acceptors (Lipinski definition) is 2. The molecule has 0 aliphatic heterocycles. The van der Waals surface area contributed by atoms with Gasteiger partial charge in [0, 0.05) is 5.56 Å². The Hall–Kier alpha value is -1.63. The van der Waals surface area contributed by atoms with Gasteiger partial charge in [-0.15, -0.1) is 0 Å². The van der Waals surface area contributed by atoms with Crippen LogP contribution in [0.1, 0.15) is 62.5 Å². The van der Waals surface area contributed by atoms with E-state index in [9.17, 15) is 13.9 Å². The average molecular weight is 279 g/mol. The van der Waals surface area contributed by atoms with Gasteiger partial charge in [-0.05, 0) is 43.6 Å². The van der Waals surface area contributed by atoms with Gasteiger partial charge in [-0.2, -0.15) is 5.26 Å². The van der Waals surface area contributed by atoms with Gasteiger partial charge in [0.2, 0.25) is 0 Å². The van der Waals surface area contributed by atoms with Crippen LogP contribution < -0.4 is 0 Å². The van der Waals surface area contributed by atoms with Crippen LogP contribution >= 0.6 is 0 Å². The molecule has 1 saturated carbocycles. The quantitative estimate of drug-likeness (QED) is 0.877. The number of phenolic OH excluding ortho intramolecular Hbond substituents is 1. The molecule has 1 fully saturated rings. The summed E-state index contributed by atoms with van der Waals surface area (Å²) >= 11 is 0. The van der Waals surface area contributed by atoms with Gasteiger partial charge in [0.05, 0.1) is 0 Å². The smallest absolute Gasteiger partial charge is 0.185 e. The topological polar surface area (TPSA) is 44.0 Å². The summed E-state index contributed by atoms with van der Waals surface area (Å²) in [7, 11) is 0. The highest BCUT2D eigenvalue weighted by Gasteiger charge is 2.27. The molecule has 1 aromatic carbocycles. The molecule has 2 rings (SSSR count). The second kappa shape index (κ2) is 6.21. The molecule has 20 heavy (non-hydrogen) atoms. The van der Waals surface area contributed by atoms with Crippen LogP contribution in [0.5, 0.6) is 5.75 Å². The second-order valence-corrected chi connectivity index (χ2v) is 5.60. The molecule has 0 atom stereocenters. The number of benzene rings is 1. The lowest BCUT2D eigenvalue weighted by Crippen LogP contribution is -2.14. The summed E-state index contributed by atoms with van der Waals surface area (Å²) in [6.07, 6.45) is 6.07. The van der Waals surface area contributed by atoms with Gasteiger partial charge >= 0.3 is 0 Å². The maximum atomic E-state index is 13.8. The van der Waals surface area contributed by atoms with Gasteiger partial charge in [-0.1, -0.05) is 19.8 Å². The Bertz CT molecular complexity index is 528. The third kappa shape index (κ3) is 2.77. The van der Waals surface area contributed by atoms with E-state index in [1.165, 1.54) is 12.5 Å². The van der Waals surface area contributed by atoms with E-state index in [0.29, 0.717) is 11.5 Å². The first kappa shape index (κ1) is 14.8. The number of rotatable bonds is 3. The molecule has 0 aromatic heterocycles. The van der Waals surface area contributed by atoms with E-state index in [1.54, 1.807) is 0 Å². The molecule has 2 nitrogen and oxygen atoms in total. The van der Waals surface area contributed by atoms with Crippen molar-refractivity contribution >= 4 is 0 Å². The van der Waals surface area contributed by atoms with E-state index in [-0.39, 0.29) is 5.92 Å². The van der Waals surface area contributed by atoms with Crippen molar-refractivity contribution in [2.24, 2.45) is 5.92 Å². The largest absolute Gasteiger partial charge is 0.505 e. The van der Waals surface area contributed by atoms with Gasteiger partial charge < -0.3 is 5.11 Å². The summed E-state index contributed by atoms with van der Waals surface area (Å²) < 4.78 is 27.4. The highest BCUT2D eigenvalue weighted by atomic mass is 19.1. The van der Waals surface area contributed by atoms with E-state index >= 15 is 0 Å². The fourth-order valence-electron chi connectivity index (χ4n) is 3.21. The molecular weight excluding hydrogens is 260 g/mol. The minimum atomic E-state index is -1.13. The van der Waals surface area contributed by atoms with E-state index < -0.39 is 22.9 Å². The Morgan fingerprint density at radius 1 is 1.30 bits per heavy atom. The zero-order valence-corrected chi connectivity index (χ0v) is 11.6. The zero-order chi connectivity index (χ0) is 14.7. The van der Waals surface area contributed by atoms with Crippen molar-refractivity contribution < 1.29 is 13.9 Å². The molecule has 1 N–H and O–H groups in total. The molecule has 0 bridgehead atoms. The third-order valence-corrected chi connectivity index (χ3v) is 4.32. The summed E-state index contributed by atoms with van der Waals surface area (Å²) in [6, 6.07) is 2.58. The van der Waals surface area contributed by atoms with Crippen LogP contribution in [-0.4, -0.2) is 5.11 Å². The molecule has 0 heterocycles. The van der Waals surface area contributed by atoms with E-state index in [1.807, 2.05) is 0 Å². The number of nitriles is 1. The molecule has 0 saturated heterocycles. The molecule has 1 aromatic rings. The SMILES string of the molecule is CCCC1CCC(c2cc(F)c(C#N)c(F)c2O)CC1. The molecular formula is C16H19F2NO. The monoisotopic (exact) mass is 279 g/mol. The first-order valence-corrected chi connectivity index (χ1v) is 7.19. The van der Waals surface area contributed by atoms with E-state index in [0.717, 1.165) is 38.2 Å². The van der Waals surface area contributed by atoms with Crippen molar-refractivity contribution in [1.29, 1.82) is 5.26 Å².